The van der Waals surface area contributed by atoms with Gasteiger partial charge in [0, 0.05) is 0 Å². The van der Waals surface area contributed by atoms with Gasteiger partial charge in [0.2, 0.25) is 0 Å². The molecule has 1 saturated heterocycles. The molecule has 2 rings (SSSR count). The predicted molar refractivity (Wildman–Crippen MR) is 79.1 cm³/mol. The van der Waals surface area contributed by atoms with E-state index < -0.39 is 35.5 Å². The Balaban J connectivity index is 2.20. The van der Waals surface area contributed by atoms with Gasteiger partial charge < -0.3 is 9.47 Å². The van der Waals surface area contributed by atoms with E-state index >= 15 is 0 Å². The highest BCUT2D eigenvalue weighted by Gasteiger charge is 2.48. The Bertz CT molecular complexity index is 592. The van der Waals surface area contributed by atoms with Crippen molar-refractivity contribution >= 4 is 0 Å². The first-order valence-corrected chi connectivity index (χ1v) is 8.11. The van der Waals surface area contributed by atoms with Crippen molar-refractivity contribution in [2.24, 2.45) is 5.92 Å². The van der Waals surface area contributed by atoms with Crippen LogP contribution in [0.5, 0.6) is 5.75 Å². The van der Waals surface area contributed by atoms with E-state index in [-0.39, 0.29) is 24.5 Å². The quantitative estimate of drug-likeness (QED) is 0.617. The number of hydrogen-bond donors (Lipinski definition) is 0. The van der Waals surface area contributed by atoms with Crippen LogP contribution in [0, 0.1) is 18.7 Å². The molecule has 1 aromatic carbocycles. The van der Waals surface area contributed by atoms with Crippen LogP contribution in [-0.4, -0.2) is 18.8 Å². The summed E-state index contributed by atoms with van der Waals surface area (Å²) in [5.41, 5.74) is -2.13. The molecule has 0 aromatic heterocycles. The predicted octanol–water partition coefficient (Wildman–Crippen LogP) is 5.72. The Kier molecular flexibility index (Phi) is 5.91. The molecule has 0 saturated carbocycles. The number of hydrogen-bond acceptors (Lipinski definition) is 2. The average Bonchev–Trinajstić information content (AvgIpc) is 2.50. The van der Waals surface area contributed by atoms with Crippen molar-refractivity contribution in [3.63, 3.8) is 0 Å². The first-order chi connectivity index (χ1) is 11.6. The maximum absolute atomic E-state index is 14.3. The summed E-state index contributed by atoms with van der Waals surface area (Å²) in [7, 11) is 0. The minimum absolute atomic E-state index is 0.0344. The van der Waals surface area contributed by atoms with Crippen molar-refractivity contribution in [1.82, 2.24) is 0 Å². The van der Waals surface area contributed by atoms with Crippen LogP contribution in [0.4, 0.5) is 26.3 Å². The van der Waals surface area contributed by atoms with Gasteiger partial charge >= 0.3 is 12.3 Å². The zero-order valence-electron chi connectivity index (χ0n) is 13.9. The van der Waals surface area contributed by atoms with Gasteiger partial charge in [0.05, 0.1) is 6.61 Å². The molecule has 25 heavy (non-hydrogen) atoms. The highest BCUT2D eigenvalue weighted by atomic mass is 19.4. The lowest BCUT2D eigenvalue weighted by molar-refractivity contribution is -0.266. The molecule has 2 atom stereocenters. The largest absolute Gasteiger partial charge is 0.430 e. The summed E-state index contributed by atoms with van der Waals surface area (Å²) in [6.45, 7) is 3.19. The minimum atomic E-state index is -5.15. The van der Waals surface area contributed by atoms with Crippen molar-refractivity contribution in [3.8, 4) is 5.75 Å². The van der Waals surface area contributed by atoms with Gasteiger partial charge in [-0.2, -0.15) is 22.0 Å². The first kappa shape index (κ1) is 19.9. The molecule has 2 unspecified atom stereocenters. The zero-order chi connectivity index (χ0) is 18.8. The molecule has 0 aliphatic carbocycles. The van der Waals surface area contributed by atoms with E-state index in [9.17, 15) is 26.3 Å². The normalized spacial score (nSPS) is 22.1. The summed E-state index contributed by atoms with van der Waals surface area (Å²) in [5, 5.41) is 0. The van der Waals surface area contributed by atoms with Gasteiger partial charge in [-0.25, -0.2) is 4.39 Å². The molecule has 1 heterocycles. The Morgan fingerprint density at radius 1 is 1.16 bits per heavy atom. The van der Waals surface area contributed by atoms with Gasteiger partial charge in [-0.05, 0) is 43.7 Å². The zero-order valence-corrected chi connectivity index (χ0v) is 13.9. The molecule has 2 nitrogen and oxygen atoms in total. The first-order valence-electron chi connectivity index (χ1n) is 8.11. The third-order valence-corrected chi connectivity index (χ3v) is 4.27. The number of rotatable bonds is 5. The molecular weight excluding hydrogens is 350 g/mol. The monoisotopic (exact) mass is 370 g/mol. The van der Waals surface area contributed by atoms with Crippen LogP contribution in [0.15, 0.2) is 12.1 Å². The second-order valence-corrected chi connectivity index (χ2v) is 6.29. The van der Waals surface area contributed by atoms with E-state index in [0.29, 0.717) is 12.5 Å². The summed E-state index contributed by atoms with van der Waals surface area (Å²) in [5.74, 6) is -2.70. The average molecular weight is 370 g/mol. The SMILES string of the molecule is CCCC1CCC(C(F)(F)Oc2ccc(C)c(F)c2C(F)(F)F)OC1. The minimum Gasteiger partial charge on any atom is -0.430 e. The van der Waals surface area contributed by atoms with Gasteiger partial charge in [-0.15, -0.1) is 0 Å². The highest BCUT2D eigenvalue weighted by Crippen LogP contribution is 2.42. The third-order valence-electron chi connectivity index (χ3n) is 4.27. The van der Waals surface area contributed by atoms with E-state index in [1.807, 2.05) is 6.92 Å². The van der Waals surface area contributed by atoms with Crippen LogP contribution in [0.3, 0.4) is 0 Å². The van der Waals surface area contributed by atoms with Crippen LogP contribution in [0.25, 0.3) is 0 Å². The summed E-state index contributed by atoms with van der Waals surface area (Å²) in [6, 6.07) is 1.67. The van der Waals surface area contributed by atoms with Crippen molar-refractivity contribution in [2.75, 3.05) is 6.61 Å². The van der Waals surface area contributed by atoms with E-state index in [2.05, 4.69) is 4.74 Å². The highest BCUT2D eigenvalue weighted by molar-refractivity contribution is 5.40. The smallest absolute Gasteiger partial charge is 0.424 e. The molecule has 0 bridgehead atoms. The van der Waals surface area contributed by atoms with Crippen LogP contribution in [0.1, 0.15) is 43.7 Å². The van der Waals surface area contributed by atoms with Crippen molar-refractivity contribution in [1.29, 1.82) is 0 Å². The molecule has 1 aliphatic rings. The molecule has 0 N–H and O–H groups in total. The maximum atomic E-state index is 14.3. The van der Waals surface area contributed by atoms with Gasteiger partial charge in [0.1, 0.15) is 17.1 Å². The second-order valence-electron chi connectivity index (χ2n) is 6.29. The number of ether oxygens (including phenoxy) is 2. The number of halogens is 6. The summed E-state index contributed by atoms with van der Waals surface area (Å²) in [4.78, 5) is 0. The van der Waals surface area contributed by atoms with Crippen LogP contribution in [-0.2, 0) is 10.9 Å². The molecule has 8 heteroatoms. The lowest BCUT2D eigenvalue weighted by Gasteiger charge is -2.33. The van der Waals surface area contributed by atoms with Crippen molar-refractivity contribution < 1.29 is 35.8 Å². The maximum Gasteiger partial charge on any atom is 0.424 e. The standard InChI is InChI=1S/C17H20F6O2/c1-3-4-11-6-8-13(24-9-11)17(22,23)25-12-7-5-10(2)15(18)14(12)16(19,20)21/h5,7,11,13H,3-4,6,8-9H2,1-2H3. The van der Waals surface area contributed by atoms with Crippen molar-refractivity contribution in [3.05, 3.63) is 29.1 Å². The van der Waals surface area contributed by atoms with Crippen molar-refractivity contribution in [2.45, 2.75) is 57.9 Å². The fourth-order valence-electron chi connectivity index (χ4n) is 2.93. The Hall–Kier alpha value is -1.44. The Morgan fingerprint density at radius 2 is 1.84 bits per heavy atom. The van der Waals surface area contributed by atoms with Gasteiger partial charge in [0.25, 0.3) is 0 Å². The van der Waals surface area contributed by atoms with E-state index in [0.717, 1.165) is 25.8 Å². The molecule has 1 aromatic rings. The number of alkyl halides is 5. The number of benzene rings is 1. The lowest BCUT2D eigenvalue weighted by atomic mass is 9.94. The summed E-state index contributed by atoms with van der Waals surface area (Å²) in [6.07, 6.45) is -8.63. The van der Waals surface area contributed by atoms with E-state index in [1.165, 1.54) is 0 Å². The Morgan fingerprint density at radius 3 is 2.36 bits per heavy atom. The molecule has 1 fully saturated rings. The van der Waals surface area contributed by atoms with Gasteiger partial charge in [-0.1, -0.05) is 19.4 Å². The Labute approximate surface area is 142 Å². The second kappa shape index (κ2) is 7.43. The number of aryl methyl sites for hydroxylation is 1. The molecule has 1 aliphatic heterocycles. The topological polar surface area (TPSA) is 18.5 Å². The summed E-state index contributed by atoms with van der Waals surface area (Å²) >= 11 is 0. The third kappa shape index (κ3) is 4.59. The molecule has 142 valence electrons. The fraction of sp³-hybridized carbons (Fsp3) is 0.647. The summed E-state index contributed by atoms with van der Waals surface area (Å²) < 4.78 is 90.9. The fourth-order valence-corrected chi connectivity index (χ4v) is 2.93. The van der Waals surface area contributed by atoms with Gasteiger partial charge in [-0.3, -0.25) is 0 Å². The van der Waals surface area contributed by atoms with Crippen LogP contribution >= 0.6 is 0 Å². The molecular formula is C17H20F6O2. The molecule has 0 amide bonds. The lowest BCUT2D eigenvalue weighted by Crippen LogP contribution is -2.44. The van der Waals surface area contributed by atoms with Gasteiger partial charge in [0.15, 0.2) is 6.10 Å². The van der Waals surface area contributed by atoms with E-state index in [1.54, 1.807) is 0 Å². The van der Waals surface area contributed by atoms with E-state index in [4.69, 9.17) is 4.74 Å². The van der Waals surface area contributed by atoms with Crippen LogP contribution in [0.2, 0.25) is 0 Å². The van der Waals surface area contributed by atoms with Crippen LogP contribution < -0.4 is 4.74 Å². The molecule has 0 spiro atoms. The molecule has 0 radical (unpaired) electrons.